The van der Waals surface area contributed by atoms with E-state index in [2.05, 4.69) is 0 Å². The van der Waals surface area contributed by atoms with E-state index < -0.39 is 5.97 Å². The van der Waals surface area contributed by atoms with Gasteiger partial charge in [0.05, 0.1) is 11.1 Å². The maximum Gasteiger partial charge on any atom is 0.336 e. The Morgan fingerprint density at radius 3 is 2.50 bits per heavy atom. The molecule has 1 aromatic carbocycles. The lowest BCUT2D eigenvalue weighted by Gasteiger charge is -2.33. The zero-order valence-corrected chi connectivity index (χ0v) is 10.4. The molecule has 1 N–H and O–H groups in total. The van der Waals surface area contributed by atoms with Crippen molar-refractivity contribution in [1.82, 2.24) is 4.90 Å². The van der Waals surface area contributed by atoms with Gasteiger partial charge in [0.25, 0.3) is 5.91 Å². The summed E-state index contributed by atoms with van der Waals surface area (Å²) in [5.74, 6) is -1.22. The van der Waals surface area contributed by atoms with Gasteiger partial charge in [-0.15, -0.1) is 0 Å². The average Bonchev–Trinajstić information content (AvgIpc) is 2.38. The van der Waals surface area contributed by atoms with Crippen molar-refractivity contribution in [2.45, 2.75) is 32.2 Å². The van der Waals surface area contributed by atoms with Gasteiger partial charge in [-0.2, -0.15) is 0 Å². The van der Waals surface area contributed by atoms with Crippen molar-refractivity contribution in [2.75, 3.05) is 6.54 Å². The Bertz CT molecular complexity index is 470. The number of nitrogens with zero attached hydrogens (tertiary/aromatic N) is 1. The smallest absolute Gasteiger partial charge is 0.336 e. The predicted octanol–water partition coefficient (Wildman–Crippen LogP) is 2.40. The summed E-state index contributed by atoms with van der Waals surface area (Å²) in [5.41, 5.74) is 0.374. The number of carboxylic acid groups (broad SMARTS) is 1. The first kappa shape index (κ1) is 12.6. The van der Waals surface area contributed by atoms with Gasteiger partial charge in [-0.05, 0) is 38.3 Å². The van der Waals surface area contributed by atoms with E-state index in [0.717, 1.165) is 19.3 Å². The molecule has 18 heavy (non-hydrogen) atoms. The van der Waals surface area contributed by atoms with Gasteiger partial charge in [0.15, 0.2) is 0 Å². The minimum Gasteiger partial charge on any atom is -0.478 e. The summed E-state index contributed by atoms with van der Waals surface area (Å²) in [6.45, 7) is 2.73. The summed E-state index contributed by atoms with van der Waals surface area (Å²) in [5, 5.41) is 9.11. The second kappa shape index (κ2) is 5.21. The van der Waals surface area contributed by atoms with Crippen molar-refractivity contribution in [3.63, 3.8) is 0 Å². The third kappa shape index (κ3) is 2.37. The highest BCUT2D eigenvalue weighted by Gasteiger charge is 2.26. The van der Waals surface area contributed by atoms with Crippen LogP contribution >= 0.6 is 0 Å². The number of carbonyl (C=O) groups is 2. The molecule has 0 aliphatic carbocycles. The summed E-state index contributed by atoms with van der Waals surface area (Å²) in [6.07, 6.45) is 3.11. The number of likely N-dealkylation sites (tertiary alicyclic amines) is 1. The fourth-order valence-electron chi connectivity index (χ4n) is 2.41. The van der Waals surface area contributed by atoms with Gasteiger partial charge in [0.1, 0.15) is 0 Å². The van der Waals surface area contributed by atoms with Gasteiger partial charge in [0.2, 0.25) is 0 Å². The number of rotatable bonds is 2. The molecule has 1 aliphatic heterocycles. The topological polar surface area (TPSA) is 57.6 Å². The van der Waals surface area contributed by atoms with Gasteiger partial charge >= 0.3 is 5.97 Å². The molecule has 1 atom stereocenters. The molecule has 1 aromatic rings. The van der Waals surface area contributed by atoms with Gasteiger partial charge in [-0.1, -0.05) is 12.1 Å². The van der Waals surface area contributed by atoms with Crippen molar-refractivity contribution >= 4 is 11.9 Å². The van der Waals surface area contributed by atoms with Crippen molar-refractivity contribution in [2.24, 2.45) is 0 Å². The second-order valence-electron chi connectivity index (χ2n) is 4.69. The van der Waals surface area contributed by atoms with Crippen LogP contribution in [-0.2, 0) is 0 Å². The van der Waals surface area contributed by atoms with Gasteiger partial charge < -0.3 is 10.0 Å². The number of benzene rings is 1. The number of hydrogen-bond donors (Lipinski definition) is 1. The highest BCUT2D eigenvalue weighted by atomic mass is 16.4. The number of amides is 1. The zero-order valence-electron chi connectivity index (χ0n) is 10.4. The Morgan fingerprint density at radius 1 is 1.22 bits per heavy atom. The molecule has 1 saturated heterocycles. The van der Waals surface area contributed by atoms with Crippen LogP contribution in [-0.4, -0.2) is 34.5 Å². The zero-order chi connectivity index (χ0) is 13.1. The first-order valence-corrected chi connectivity index (χ1v) is 6.24. The third-order valence-electron chi connectivity index (χ3n) is 3.45. The number of aromatic carboxylic acids is 1. The Balaban J connectivity index is 2.30. The summed E-state index contributed by atoms with van der Waals surface area (Å²) < 4.78 is 0. The Labute approximate surface area is 106 Å². The molecular formula is C14H17NO3. The highest BCUT2D eigenvalue weighted by Crippen LogP contribution is 2.20. The SMILES string of the molecule is C[C@@H]1CCCCN1C(=O)c1ccccc1C(=O)O. The number of hydrogen-bond acceptors (Lipinski definition) is 2. The molecule has 0 saturated carbocycles. The molecule has 1 amide bonds. The maximum absolute atomic E-state index is 12.4. The summed E-state index contributed by atoms with van der Waals surface area (Å²) in [7, 11) is 0. The lowest BCUT2D eigenvalue weighted by molar-refractivity contribution is 0.0613. The van der Waals surface area contributed by atoms with Crippen LogP contribution in [0.1, 0.15) is 46.9 Å². The highest BCUT2D eigenvalue weighted by molar-refractivity contribution is 6.04. The number of carboxylic acids is 1. The van der Waals surface area contributed by atoms with E-state index in [1.807, 2.05) is 6.92 Å². The molecule has 4 heteroatoms. The Hall–Kier alpha value is -1.84. The van der Waals surface area contributed by atoms with E-state index in [1.165, 1.54) is 6.07 Å². The Kier molecular flexibility index (Phi) is 3.65. The molecule has 0 bridgehead atoms. The van der Waals surface area contributed by atoms with E-state index in [4.69, 9.17) is 5.11 Å². The first-order chi connectivity index (χ1) is 8.61. The molecule has 1 aliphatic rings. The fraction of sp³-hybridized carbons (Fsp3) is 0.429. The standard InChI is InChI=1S/C14H17NO3/c1-10-6-4-5-9-15(10)13(16)11-7-2-3-8-12(11)14(17)18/h2-3,7-8,10H,4-6,9H2,1H3,(H,17,18)/t10-/m1/s1. The molecule has 1 fully saturated rings. The minimum atomic E-state index is -1.05. The molecule has 0 spiro atoms. The number of carbonyl (C=O) groups excluding carboxylic acids is 1. The summed E-state index contributed by atoms with van der Waals surface area (Å²) in [6, 6.07) is 6.60. The molecule has 1 heterocycles. The van der Waals surface area contributed by atoms with E-state index in [-0.39, 0.29) is 17.5 Å². The minimum absolute atomic E-state index is 0.0836. The van der Waals surface area contributed by atoms with E-state index in [0.29, 0.717) is 12.1 Å². The van der Waals surface area contributed by atoms with Crippen molar-refractivity contribution < 1.29 is 14.7 Å². The molecule has 4 nitrogen and oxygen atoms in total. The van der Waals surface area contributed by atoms with Crippen LogP contribution < -0.4 is 0 Å². The van der Waals surface area contributed by atoms with Crippen LogP contribution in [0.5, 0.6) is 0 Å². The lowest BCUT2D eigenvalue weighted by atomic mass is 10.0. The van der Waals surface area contributed by atoms with Crippen LogP contribution in [0.15, 0.2) is 24.3 Å². The van der Waals surface area contributed by atoms with E-state index >= 15 is 0 Å². The van der Waals surface area contributed by atoms with Crippen LogP contribution in [0.3, 0.4) is 0 Å². The normalized spacial score (nSPS) is 19.6. The molecule has 0 radical (unpaired) electrons. The van der Waals surface area contributed by atoms with Crippen LogP contribution in [0.2, 0.25) is 0 Å². The van der Waals surface area contributed by atoms with Crippen molar-refractivity contribution in [1.29, 1.82) is 0 Å². The van der Waals surface area contributed by atoms with E-state index in [1.54, 1.807) is 23.1 Å². The fourth-order valence-corrected chi connectivity index (χ4v) is 2.41. The quantitative estimate of drug-likeness (QED) is 0.873. The first-order valence-electron chi connectivity index (χ1n) is 6.24. The monoisotopic (exact) mass is 247 g/mol. The van der Waals surface area contributed by atoms with E-state index in [9.17, 15) is 9.59 Å². The summed E-state index contributed by atoms with van der Waals surface area (Å²) >= 11 is 0. The third-order valence-corrected chi connectivity index (χ3v) is 3.45. The maximum atomic E-state index is 12.4. The number of piperidine rings is 1. The van der Waals surface area contributed by atoms with Crippen molar-refractivity contribution in [3.05, 3.63) is 35.4 Å². The molecule has 0 aromatic heterocycles. The predicted molar refractivity (Wildman–Crippen MR) is 67.8 cm³/mol. The lowest BCUT2D eigenvalue weighted by Crippen LogP contribution is -2.42. The average molecular weight is 247 g/mol. The van der Waals surface area contributed by atoms with Gasteiger partial charge in [-0.3, -0.25) is 4.79 Å². The van der Waals surface area contributed by atoms with Crippen LogP contribution in [0.4, 0.5) is 0 Å². The van der Waals surface area contributed by atoms with Crippen molar-refractivity contribution in [3.8, 4) is 0 Å². The summed E-state index contributed by atoms with van der Waals surface area (Å²) in [4.78, 5) is 25.3. The largest absolute Gasteiger partial charge is 0.478 e. The van der Waals surface area contributed by atoms with Gasteiger partial charge in [-0.25, -0.2) is 4.79 Å². The molecule has 0 unspecified atom stereocenters. The van der Waals surface area contributed by atoms with Gasteiger partial charge in [0, 0.05) is 12.6 Å². The molecule has 2 rings (SSSR count). The molecule has 96 valence electrons. The Morgan fingerprint density at radius 2 is 1.89 bits per heavy atom. The van der Waals surface area contributed by atoms with Crippen LogP contribution in [0, 0.1) is 0 Å². The second-order valence-corrected chi connectivity index (χ2v) is 4.69. The van der Waals surface area contributed by atoms with Crippen LogP contribution in [0.25, 0.3) is 0 Å². The molecular weight excluding hydrogens is 230 g/mol.